The summed E-state index contributed by atoms with van der Waals surface area (Å²) < 4.78 is 51.3. The molecule has 0 spiro atoms. The lowest BCUT2D eigenvalue weighted by Gasteiger charge is -2.13. The molecule has 0 saturated carbocycles. The molecule has 168 valence electrons. The fourth-order valence-corrected chi connectivity index (χ4v) is 3.48. The highest BCUT2D eigenvalue weighted by atomic mass is 19.4. The molecule has 7 heteroatoms. The molecule has 0 saturated heterocycles. The molecule has 0 atom stereocenters. The average Bonchev–Trinajstić information content (AvgIpc) is 2.81. The van der Waals surface area contributed by atoms with E-state index < -0.39 is 11.7 Å². The minimum atomic E-state index is -4.49. The Hall–Kier alpha value is -3.87. The predicted octanol–water partition coefficient (Wildman–Crippen LogP) is 6.82. The Morgan fingerprint density at radius 2 is 1.70 bits per heavy atom. The number of nitrogens with zero attached hydrogens (tertiary/aromatic N) is 1. The van der Waals surface area contributed by atoms with E-state index in [4.69, 9.17) is 9.47 Å². The van der Waals surface area contributed by atoms with Gasteiger partial charge in [-0.25, -0.2) is 0 Å². The third-order valence-electron chi connectivity index (χ3n) is 5.05. The fraction of sp³-hybridized carbons (Fsp3) is 0.154. The second-order valence-corrected chi connectivity index (χ2v) is 7.35. The number of benzene rings is 3. The topological polar surface area (TPSA) is 48.4 Å². The van der Waals surface area contributed by atoms with Crippen LogP contribution < -0.4 is 9.47 Å². The van der Waals surface area contributed by atoms with Gasteiger partial charge in [0.05, 0.1) is 11.1 Å². The van der Waals surface area contributed by atoms with E-state index in [0.29, 0.717) is 28.0 Å². The molecular formula is C26H20F3NO3. The van der Waals surface area contributed by atoms with Gasteiger partial charge in [-0.2, -0.15) is 13.2 Å². The zero-order valence-corrected chi connectivity index (χ0v) is 17.7. The van der Waals surface area contributed by atoms with Gasteiger partial charge in [-0.05, 0) is 53.1 Å². The van der Waals surface area contributed by atoms with E-state index in [1.165, 1.54) is 12.3 Å². The molecule has 1 aromatic heterocycles. The van der Waals surface area contributed by atoms with Gasteiger partial charge < -0.3 is 9.47 Å². The van der Waals surface area contributed by atoms with Crippen molar-refractivity contribution in [3.63, 3.8) is 0 Å². The molecular weight excluding hydrogens is 431 g/mol. The number of aromatic nitrogens is 1. The molecule has 0 fully saturated rings. The first kappa shape index (κ1) is 22.3. The Bertz CT molecular complexity index is 1300. The van der Waals surface area contributed by atoms with E-state index in [2.05, 4.69) is 4.98 Å². The van der Waals surface area contributed by atoms with Gasteiger partial charge in [-0.3, -0.25) is 9.78 Å². The minimum Gasteiger partial charge on any atom is -0.489 e. The number of carbonyl (C=O) groups excluding carboxylic acids is 1. The molecule has 3 aromatic carbocycles. The largest absolute Gasteiger partial charge is 0.489 e. The summed E-state index contributed by atoms with van der Waals surface area (Å²) in [6.07, 6.45) is -2.83. The fourth-order valence-electron chi connectivity index (χ4n) is 3.48. The van der Waals surface area contributed by atoms with E-state index in [0.717, 1.165) is 11.6 Å². The number of carbonyl (C=O) groups is 1. The lowest BCUT2D eigenvalue weighted by atomic mass is 9.99. The maximum Gasteiger partial charge on any atom is 0.418 e. The third-order valence-corrected chi connectivity index (χ3v) is 5.05. The summed E-state index contributed by atoms with van der Waals surface area (Å²) in [4.78, 5) is 15.5. The summed E-state index contributed by atoms with van der Waals surface area (Å²) in [5.74, 6) is 0.680. The van der Waals surface area contributed by atoms with Gasteiger partial charge in [0, 0.05) is 18.0 Å². The highest BCUT2D eigenvalue weighted by molar-refractivity contribution is 5.96. The minimum absolute atomic E-state index is 0.0905. The van der Waals surface area contributed by atoms with E-state index in [-0.39, 0.29) is 24.5 Å². The summed E-state index contributed by atoms with van der Waals surface area (Å²) >= 11 is 0. The zero-order chi connectivity index (χ0) is 23.4. The van der Waals surface area contributed by atoms with Crippen molar-refractivity contribution in [2.24, 2.45) is 0 Å². The van der Waals surface area contributed by atoms with Crippen LogP contribution in [0, 0.1) is 0 Å². The van der Waals surface area contributed by atoms with Gasteiger partial charge in [0.15, 0.2) is 0 Å². The lowest BCUT2D eigenvalue weighted by Crippen LogP contribution is -2.06. The van der Waals surface area contributed by atoms with Crippen molar-refractivity contribution in [2.75, 3.05) is 0 Å². The first-order chi connectivity index (χ1) is 15.8. The number of para-hydroxylation sites is 1. The molecule has 0 aliphatic heterocycles. The smallest absolute Gasteiger partial charge is 0.418 e. The Morgan fingerprint density at radius 3 is 2.48 bits per heavy atom. The number of hydrogen-bond donors (Lipinski definition) is 0. The Kier molecular flexibility index (Phi) is 6.31. The average molecular weight is 451 g/mol. The summed E-state index contributed by atoms with van der Waals surface area (Å²) in [7, 11) is 0. The summed E-state index contributed by atoms with van der Waals surface area (Å²) in [6.45, 7) is 1.95. The van der Waals surface area contributed by atoms with Crippen LogP contribution >= 0.6 is 0 Å². The maximum atomic E-state index is 13.4. The number of rotatable bonds is 6. The van der Waals surface area contributed by atoms with Crippen LogP contribution in [-0.2, 0) is 17.6 Å². The first-order valence-corrected chi connectivity index (χ1v) is 10.3. The van der Waals surface area contributed by atoms with Crippen LogP contribution in [0.3, 0.4) is 0 Å². The molecule has 0 aliphatic rings. The van der Waals surface area contributed by atoms with Crippen molar-refractivity contribution < 1.29 is 27.4 Å². The molecule has 4 aromatic rings. The molecule has 4 rings (SSSR count). The van der Waals surface area contributed by atoms with Crippen molar-refractivity contribution >= 4 is 16.9 Å². The molecule has 4 nitrogen and oxygen atoms in total. The van der Waals surface area contributed by atoms with Crippen LogP contribution in [0.2, 0.25) is 0 Å². The van der Waals surface area contributed by atoms with Crippen LogP contribution in [0.5, 0.6) is 11.5 Å². The summed E-state index contributed by atoms with van der Waals surface area (Å²) in [5.41, 5.74) is 1.30. The van der Waals surface area contributed by atoms with Crippen molar-refractivity contribution in [2.45, 2.75) is 26.1 Å². The van der Waals surface area contributed by atoms with Gasteiger partial charge in [-0.1, -0.05) is 43.3 Å². The SMILES string of the molecule is CCC(=O)Oc1cccc(COc2cccc(-c3ccnc4c(C(F)(F)F)cccc34)c2)c1. The van der Waals surface area contributed by atoms with Gasteiger partial charge in [0.2, 0.25) is 0 Å². The van der Waals surface area contributed by atoms with Crippen molar-refractivity contribution in [1.82, 2.24) is 4.98 Å². The number of fused-ring (bicyclic) bond motifs is 1. The maximum absolute atomic E-state index is 13.4. The second kappa shape index (κ2) is 9.32. The Labute approximate surface area is 188 Å². The summed E-state index contributed by atoms with van der Waals surface area (Å²) in [6, 6.07) is 19.9. The lowest BCUT2D eigenvalue weighted by molar-refractivity contribution is -0.136. The predicted molar refractivity (Wildman–Crippen MR) is 119 cm³/mol. The highest BCUT2D eigenvalue weighted by Crippen LogP contribution is 2.37. The van der Waals surface area contributed by atoms with Crippen LogP contribution in [0.15, 0.2) is 79.0 Å². The highest BCUT2D eigenvalue weighted by Gasteiger charge is 2.33. The molecule has 0 bridgehead atoms. The molecule has 0 unspecified atom stereocenters. The van der Waals surface area contributed by atoms with E-state index in [1.807, 2.05) is 12.1 Å². The first-order valence-electron chi connectivity index (χ1n) is 10.3. The standard InChI is InChI=1S/C26H20F3NO3/c1-2-24(31)33-20-9-3-6-17(14-20)16-32-19-8-4-7-18(15-19)21-12-13-30-25-22(21)10-5-11-23(25)26(27,28)29/h3-15H,2,16H2,1H3. The van der Waals surface area contributed by atoms with E-state index >= 15 is 0 Å². The number of alkyl halides is 3. The molecule has 1 heterocycles. The van der Waals surface area contributed by atoms with E-state index in [1.54, 1.807) is 55.5 Å². The van der Waals surface area contributed by atoms with Crippen LogP contribution in [0.25, 0.3) is 22.0 Å². The van der Waals surface area contributed by atoms with Gasteiger partial charge in [0.1, 0.15) is 18.1 Å². The van der Waals surface area contributed by atoms with E-state index in [9.17, 15) is 18.0 Å². The monoisotopic (exact) mass is 451 g/mol. The van der Waals surface area contributed by atoms with Gasteiger partial charge in [0.25, 0.3) is 0 Å². The number of pyridine rings is 1. The Balaban J connectivity index is 1.59. The second-order valence-electron chi connectivity index (χ2n) is 7.35. The Morgan fingerprint density at radius 1 is 0.939 bits per heavy atom. The molecule has 0 aliphatic carbocycles. The van der Waals surface area contributed by atoms with Crippen LogP contribution in [0.1, 0.15) is 24.5 Å². The number of hydrogen-bond acceptors (Lipinski definition) is 4. The number of halogens is 3. The quantitative estimate of drug-likeness (QED) is 0.239. The summed E-state index contributed by atoms with van der Waals surface area (Å²) in [5, 5.41) is 0.412. The molecule has 0 radical (unpaired) electrons. The van der Waals surface area contributed by atoms with Gasteiger partial charge in [-0.15, -0.1) is 0 Å². The van der Waals surface area contributed by atoms with Crippen molar-refractivity contribution in [3.8, 4) is 22.6 Å². The number of esters is 1. The number of ether oxygens (including phenoxy) is 2. The third kappa shape index (κ3) is 5.14. The van der Waals surface area contributed by atoms with Crippen LogP contribution in [0.4, 0.5) is 13.2 Å². The zero-order valence-electron chi connectivity index (χ0n) is 17.7. The van der Waals surface area contributed by atoms with Crippen LogP contribution in [-0.4, -0.2) is 11.0 Å². The van der Waals surface area contributed by atoms with Crippen molar-refractivity contribution in [1.29, 1.82) is 0 Å². The normalized spacial score (nSPS) is 11.4. The van der Waals surface area contributed by atoms with Crippen molar-refractivity contribution in [3.05, 3.63) is 90.1 Å². The molecule has 0 N–H and O–H groups in total. The van der Waals surface area contributed by atoms with Gasteiger partial charge >= 0.3 is 12.1 Å². The molecule has 0 amide bonds. The molecule has 33 heavy (non-hydrogen) atoms.